The maximum Gasteiger partial charge on any atom is 0.275 e. The third-order valence-corrected chi connectivity index (χ3v) is 4.57. The molecule has 3 rings (SSSR count). The second kappa shape index (κ2) is 9.29. The quantitative estimate of drug-likeness (QED) is 0.767. The molecule has 1 fully saturated rings. The van der Waals surface area contributed by atoms with Crippen molar-refractivity contribution in [3.63, 3.8) is 0 Å². The van der Waals surface area contributed by atoms with E-state index < -0.39 is 0 Å². The number of amides is 1. The smallest absolute Gasteiger partial charge is 0.275 e. The van der Waals surface area contributed by atoms with Crippen molar-refractivity contribution in [2.45, 2.75) is 38.3 Å². The number of carbonyl (C=O) groups excluding carboxylic acids is 1. The number of hydrogen-bond acceptors (Lipinski definition) is 4. The molecule has 0 spiro atoms. The van der Waals surface area contributed by atoms with Crippen LogP contribution in [0, 0.1) is 0 Å². The highest BCUT2D eigenvalue weighted by Crippen LogP contribution is 2.16. The molecule has 6 heteroatoms. The maximum atomic E-state index is 12.5. The lowest BCUT2D eigenvalue weighted by molar-refractivity contribution is 0.00705. The monoisotopic (exact) mass is 354 g/mol. The fraction of sp³-hybridized carbons (Fsp3) is 0.450. The van der Waals surface area contributed by atoms with E-state index in [-0.39, 0.29) is 12.0 Å². The van der Waals surface area contributed by atoms with Gasteiger partial charge in [0.25, 0.3) is 5.91 Å². The normalized spacial score (nSPS) is 17.5. The molecule has 1 aliphatic heterocycles. The Morgan fingerprint density at radius 3 is 2.96 bits per heavy atom. The van der Waals surface area contributed by atoms with Crippen molar-refractivity contribution >= 4 is 12.0 Å². The predicted octanol–water partition coefficient (Wildman–Crippen LogP) is 3.02. The molecule has 0 saturated carbocycles. The average Bonchev–Trinajstić information content (AvgIpc) is 3.16. The molecular weight excluding hydrogens is 328 g/mol. The highest BCUT2D eigenvalue weighted by atomic mass is 16.5. The van der Waals surface area contributed by atoms with E-state index in [9.17, 15) is 4.79 Å². The second-order valence-corrected chi connectivity index (χ2v) is 6.64. The Morgan fingerprint density at radius 2 is 2.19 bits per heavy atom. The van der Waals surface area contributed by atoms with Crippen LogP contribution in [0.1, 0.15) is 41.7 Å². The van der Waals surface area contributed by atoms with Gasteiger partial charge in [-0.05, 0) is 31.2 Å². The summed E-state index contributed by atoms with van der Waals surface area (Å²) in [7, 11) is 1.81. The summed E-state index contributed by atoms with van der Waals surface area (Å²) >= 11 is 0. The SMILES string of the molecule is CN(CCC1CCCCO1)C(=O)c1cn(CC=Cc2ccccc2)nn1. The van der Waals surface area contributed by atoms with E-state index in [0.717, 1.165) is 31.4 Å². The summed E-state index contributed by atoms with van der Waals surface area (Å²) in [5.41, 5.74) is 1.51. The van der Waals surface area contributed by atoms with E-state index in [1.54, 1.807) is 22.8 Å². The average molecular weight is 354 g/mol. The Kier molecular flexibility index (Phi) is 6.55. The number of nitrogens with zero attached hydrogens (tertiary/aromatic N) is 4. The standard InChI is InChI=1S/C20H26N4O2/c1-23(14-12-18-11-5-6-15-26-18)20(25)19-16-24(22-21-19)13-7-10-17-8-3-2-4-9-17/h2-4,7-10,16,18H,5-6,11-15H2,1H3. The first-order valence-corrected chi connectivity index (χ1v) is 9.21. The van der Waals surface area contributed by atoms with E-state index >= 15 is 0 Å². The number of carbonyl (C=O) groups is 1. The molecule has 1 saturated heterocycles. The van der Waals surface area contributed by atoms with Gasteiger partial charge in [0.2, 0.25) is 0 Å². The lowest BCUT2D eigenvalue weighted by Gasteiger charge is -2.24. The number of ether oxygens (including phenoxy) is 1. The predicted molar refractivity (Wildman–Crippen MR) is 101 cm³/mol. The largest absolute Gasteiger partial charge is 0.378 e. The molecule has 6 nitrogen and oxygen atoms in total. The Balaban J connectivity index is 1.48. The van der Waals surface area contributed by atoms with E-state index in [1.165, 1.54) is 6.42 Å². The van der Waals surface area contributed by atoms with Crippen LogP contribution in [0.2, 0.25) is 0 Å². The van der Waals surface area contributed by atoms with Crippen molar-refractivity contribution in [1.29, 1.82) is 0 Å². The van der Waals surface area contributed by atoms with Crippen molar-refractivity contribution < 1.29 is 9.53 Å². The van der Waals surface area contributed by atoms with Crippen LogP contribution in [0.4, 0.5) is 0 Å². The molecule has 0 bridgehead atoms. The third-order valence-electron chi connectivity index (χ3n) is 4.57. The minimum absolute atomic E-state index is 0.0981. The molecule has 0 aliphatic carbocycles. The van der Waals surface area contributed by atoms with Crippen LogP contribution < -0.4 is 0 Å². The topological polar surface area (TPSA) is 60.2 Å². The molecule has 0 radical (unpaired) electrons. The van der Waals surface area contributed by atoms with Crippen LogP contribution in [0.25, 0.3) is 6.08 Å². The molecule has 1 atom stereocenters. The van der Waals surface area contributed by atoms with E-state index in [1.807, 2.05) is 42.5 Å². The zero-order valence-electron chi connectivity index (χ0n) is 15.3. The Hall–Kier alpha value is -2.47. The van der Waals surface area contributed by atoms with Crippen molar-refractivity contribution in [3.05, 3.63) is 53.9 Å². The Labute approximate surface area is 154 Å². The van der Waals surface area contributed by atoms with Crippen molar-refractivity contribution in [1.82, 2.24) is 19.9 Å². The van der Waals surface area contributed by atoms with Crippen LogP contribution in [0.5, 0.6) is 0 Å². The first-order valence-electron chi connectivity index (χ1n) is 9.21. The lowest BCUT2D eigenvalue weighted by Crippen LogP contribution is -2.31. The Bertz CT molecular complexity index is 720. The Morgan fingerprint density at radius 1 is 1.35 bits per heavy atom. The first kappa shape index (κ1) is 18.3. The summed E-state index contributed by atoms with van der Waals surface area (Å²) in [5.74, 6) is -0.0981. The number of rotatable bonds is 7. The van der Waals surface area contributed by atoms with Gasteiger partial charge >= 0.3 is 0 Å². The summed E-state index contributed by atoms with van der Waals surface area (Å²) in [5, 5.41) is 8.06. The molecule has 1 amide bonds. The molecule has 138 valence electrons. The van der Waals surface area contributed by atoms with Gasteiger partial charge in [0.05, 0.1) is 18.8 Å². The molecule has 1 aromatic heterocycles. The zero-order chi connectivity index (χ0) is 18.2. The van der Waals surface area contributed by atoms with Gasteiger partial charge in [0.15, 0.2) is 5.69 Å². The van der Waals surface area contributed by atoms with Gasteiger partial charge in [-0.2, -0.15) is 0 Å². The summed E-state index contributed by atoms with van der Waals surface area (Å²) < 4.78 is 7.39. The third kappa shape index (κ3) is 5.26. The van der Waals surface area contributed by atoms with Gasteiger partial charge in [-0.1, -0.05) is 47.7 Å². The van der Waals surface area contributed by atoms with Gasteiger partial charge in [-0.3, -0.25) is 4.79 Å². The van der Waals surface area contributed by atoms with Crippen molar-refractivity contribution in [2.24, 2.45) is 0 Å². The maximum absolute atomic E-state index is 12.5. The van der Waals surface area contributed by atoms with Crippen molar-refractivity contribution in [3.8, 4) is 0 Å². The molecule has 2 aromatic rings. The molecule has 1 aromatic carbocycles. The number of hydrogen-bond donors (Lipinski definition) is 0. The van der Waals surface area contributed by atoms with Gasteiger partial charge in [-0.15, -0.1) is 5.10 Å². The molecular formula is C20H26N4O2. The van der Waals surface area contributed by atoms with E-state index in [0.29, 0.717) is 18.8 Å². The molecule has 26 heavy (non-hydrogen) atoms. The van der Waals surface area contributed by atoms with Crippen LogP contribution in [0.3, 0.4) is 0 Å². The molecule has 2 heterocycles. The van der Waals surface area contributed by atoms with Gasteiger partial charge in [0, 0.05) is 20.2 Å². The highest BCUT2D eigenvalue weighted by molar-refractivity contribution is 5.91. The second-order valence-electron chi connectivity index (χ2n) is 6.64. The van der Waals surface area contributed by atoms with Gasteiger partial charge in [-0.25, -0.2) is 4.68 Å². The minimum Gasteiger partial charge on any atom is -0.378 e. The summed E-state index contributed by atoms with van der Waals surface area (Å²) in [6.07, 6.45) is 10.3. The summed E-state index contributed by atoms with van der Waals surface area (Å²) in [4.78, 5) is 14.2. The number of aromatic nitrogens is 3. The zero-order valence-corrected chi connectivity index (χ0v) is 15.3. The van der Waals surface area contributed by atoms with Crippen LogP contribution in [-0.2, 0) is 11.3 Å². The van der Waals surface area contributed by atoms with Crippen LogP contribution in [-0.4, -0.2) is 52.1 Å². The summed E-state index contributed by atoms with van der Waals surface area (Å²) in [6, 6.07) is 10.1. The van der Waals surface area contributed by atoms with Crippen molar-refractivity contribution in [2.75, 3.05) is 20.2 Å². The summed E-state index contributed by atoms with van der Waals surface area (Å²) in [6.45, 7) is 2.09. The van der Waals surface area contributed by atoms with Gasteiger partial charge < -0.3 is 9.64 Å². The molecule has 1 aliphatic rings. The minimum atomic E-state index is -0.0981. The van der Waals surface area contributed by atoms with Gasteiger partial charge in [0.1, 0.15) is 0 Å². The molecule has 0 N–H and O–H groups in total. The van der Waals surface area contributed by atoms with E-state index in [2.05, 4.69) is 10.3 Å². The van der Waals surface area contributed by atoms with E-state index in [4.69, 9.17) is 4.74 Å². The highest BCUT2D eigenvalue weighted by Gasteiger charge is 2.19. The van der Waals surface area contributed by atoms with Crippen LogP contribution in [0.15, 0.2) is 42.6 Å². The fourth-order valence-electron chi connectivity index (χ4n) is 3.02. The molecule has 1 unspecified atom stereocenters. The number of allylic oxidation sites excluding steroid dienone is 1. The number of benzene rings is 1. The first-order chi connectivity index (χ1) is 12.7. The fourth-order valence-corrected chi connectivity index (χ4v) is 3.02. The van der Waals surface area contributed by atoms with Crippen LogP contribution >= 0.6 is 0 Å². The lowest BCUT2D eigenvalue weighted by atomic mass is 10.1.